The van der Waals surface area contributed by atoms with Crippen molar-refractivity contribution in [2.45, 2.75) is 130 Å². The largest absolute Gasteiger partial charge is 0.439 e. The van der Waals surface area contributed by atoms with Gasteiger partial charge in [-0.3, -0.25) is 0 Å². The van der Waals surface area contributed by atoms with Gasteiger partial charge in [0.25, 0.3) is 9.28 Å². The van der Waals surface area contributed by atoms with Crippen LogP contribution in [0.15, 0.2) is 67.2 Å². The molecule has 2 rings (SSSR count). The van der Waals surface area contributed by atoms with Gasteiger partial charge in [-0.1, -0.05) is 73.3 Å². The van der Waals surface area contributed by atoms with Crippen molar-refractivity contribution in [2.24, 2.45) is 0 Å². The number of hydrogen-bond donors (Lipinski definition) is 0. The molecule has 2 aromatic carbocycles. The Morgan fingerprint density at radius 3 is 1.31 bits per heavy atom. The fraction of sp³-hybridized carbons (Fsp3) is 0.588. The summed E-state index contributed by atoms with van der Waals surface area (Å²) in [5, 5.41) is 0. The SMILES string of the molecule is C=Cc1ccccc1.C[SiH](O[Si](C)(C)C)O[Si](C)(C)O[Si](C)(C)C.C[Si](C)(C)O[Si](C)(C)O[Si](C)(CCc1ccccc1)O[Si](C)(C)C. The zero-order valence-corrected chi connectivity index (χ0v) is 42.2. The van der Waals surface area contributed by atoms with Crippen LogP contribution < -0.4 is 0 Å². The van der Waals surface area contributed by atoms with Gasteiger partial charge in [0.05, 0.1) is 0 Å². The van der Waals surface area contributed by atoms with Crippen LogP contribution in [0.2, 0.25) is 124 Å². The van der Waals surface area contributed by atoms with E-state index in [0.717, 1.165) is 12.5 Å². The van der Waals surface area contributed by atoms with Crippen LogP contribution in [0.4, 0.5) is 0 Å². The molecule has 14 heteroatoms. The van der Waals surface area contributed by atoms with Gasteiger partial charge in [0.2, 0.25) is 0 Å². The van der Waals surface area contributed by atoms with Crippen LogP contribution in [0.1, 0.15) is 11.1 Å². The van der Waals surface area contributed by atoms with E-state index in [1.807, 2.05) is 36.4 Å². The van der Waals surface area contributed by atoms with Gasteiger partial charge >= 0.3 is 25.7 Å². The highest BCUT2D eigenvalue weighted by Crippen LogP contribution is 2.28. The van der Waals surface area contributed by atoms with Gasteiger partial charge in [0.15, 0.2) is 33.3 Å². The van der Waals surface area contributed by atoms with Crippen LogP contribution in [0, 0.1) is 0 Å². The van der Waals surface area contributed by atoms with E-state index in [1.165, 1.54) is 11.1 Å². The molecule has 0 bridgehead atoms. The number of aryl methyl sites for hydroxylation is 1. The quantitative estimate of drug-likeness (QED) is 0.158. The lowest BCUT2D eigenvalue weighted by Gasteiger charge is -2.41. The molecule has 0 aromatic heterocycles. The third-order valence-electron chi connectivity index (χ3n) is 5.80. The molecule has 0 saturated carbocycles. The third-order valence-corrected chi connectivity index (χ3v) is 31.4. The highest BCUT2D eigenvalue weighted by atomic mass is 28.5. The van der Waals surface area contributed by atoms with Gasteiger partial charge in [-0.25, -0.2) is 0 Å². The number of rotatable bonds is 16. The monoisotopic (exact) mass is 800 g/mol. The maximum absolute atomic E-state index is 6.70. The second-order valence-corrected chi connectivity index (χ2v) is 48.7. The van der Waals surface area contributed by atoms with Crippen molar-refractivity contribution < 1.29 is 24.7 Å². The van der Waals surface area contributed by atoms with Gasteiger partial charge < -0.3 is 24.7 Å². The molecule has 0 aliphatic heterocycles. The van der Waals surface area contributed by atoms with Gasteiger partial charge in [-0.15, -0.1) is 0 Å². The lowest BCUT2D eigenvalue weighted by molar-refractivity contribution is 0.323. The Kier molecular flexibility index (Phi) is 19.9. The van der Waals surface area contributed by atoms with E-state index in [9.17, 15) is 0 Å². The minimum atomic E-state index is -2.28. The molecular formula is C34H72O6Si8. The summed E-state index contributed by atoms with van der Waals surface area (Å²) in [6, 6.07) is 21.6. The fourth-order valence-electron chi connectivity index (χ4n) is 5.34. The van der Waals surface area contributed by atoms with Crippen LogP contribution in [0.25, 0.3) is 6.08 Å². The van der Waals surface area contributed by atoms with Gasteiger partial charge in [0, 0.05) is 0 Å². The van der Waals surface area contributed by atoms with Crippen molar-refractivity contribution in [3.8, 4) is 0 Å². The molecule has 0 radical (unpaired) electrons. The molecule has 2 unspecified atom stereocenters. The molecule has 276 valence electrons. The van der Waals surface area contributed by atoms with Crippen LogP contribution in [0.3, 0.4) is 0 Å². The van der Waals surface area contributed by atoms with Crippen molar-refractivity contribution in [1.29, 1.82) is 0 Å². The molecule has 0 N–H and O–H groups in total. The Labute approximate surface area is 306 Å². The van der Waals surface area contributed by atoms with Gasteiger partial charge in [-0.2, -0.15) is 0 Å². The van der Waals surface area contributed by atoms with Crippen LogP contribution >= 0.6 is 0 Å². The van der Waals surface area contributed by atoms with Crippen molar-refractivity contribution in [3.63, 3.8) is 0 Å². The summed E-state index contributed by atoms with van der Waals surface area (Å²) in [4.78, 5) is 0. The zero-order valence-electron chi connectivity index (χ0n) is 34.0. The Morgan fingerprint density at radius 2 is 0.938 bits per heavy atom. The van der Waals surface area contributed by atoms with Crippen LogP contribution in [-0.2, 0) is 31.1 Å². The third kappa shape index (κ3) is 27.4. The topological polar surface area (TPSA) is 55.4 Å². The zero-order chi connectivity index (χ0) is 37.7. The summed E-state index contributed by atoms with van der Waals surface area (Å²) in [5.41, 5.74) is 2.53. The Bertz CT molecular complexity index is 1170. The highest BCUT2D eigenvalue weighted by molar-refractivity contribution is 6.89. The average molecular weight is 802 g/mol. The predicted octanol–water partition coefficient (Wildman–Crippen LogP) is 11.3. The van der Waals surface area contributed by atoms with Gasteiger partial charge in [0.1, 0.15) is 0 Å². The summed E-state index contributed by atoms with van der Waals surface area (Å²) in [7, 11) is -14.2. The molecule has 48 heavy (non-hydrogen) atoms. The minimum absolute atomic E-state index is 0.979. The number of hydrogen-bond acceptors (Lipinski definition) is 6. The lowest BCUT2D eigenvalue weighted by Crippen LogP contribution is -2.57. The number of benzene rings is 2. The maximum atomic E-state index is 6.70. The van der Waals surface area contributed by atoms with Crippen molar-refractivity contribution in [3.05, 3.63) is 78.4 Å². The maximum Gasteiger partial charge on any atom is 0.316 e. The van der Waals surface area contributed by atoms with Crippen LogP contribution in [-0.4, -0.2) is 68.2 Å². The predicted molar refractivity (Wildman–Crippen MR) is 231 cm³/mol. The normalized spacial score (nSPS) is 14.9. The first-order valence-electron chi connectivity index (χ1n) is 17.3. The van der Waals surface area contributed by atoms with Crippen LogP contribution in [0.5, 0.6) is 0 Å². The molecule has 0 spiro atoms. The summed E-state index contributed by atoms with van der Waals surface area (Å²) >= 11 is 0. The van der Waals surface area contributed by atoms with E-state index in [-0.39, 0.29) is 0 Å². The minimum Gasteiger partial charge on any atom is -0.439 e. The summed E-state index contributed by atoms with van der Waals surface area (Å²) in [6.07, 6.45) is 2.84. The summed E-state index contributed by atoms with van der Waals surface area (Å²) < 4.78 is 38.0. The van der Waals surface area contributed by atoms with Crippen molar-refractivity contribution in [2.75, 3.05) is 0 Å². The van der Waals surface area contributed by atoms with Gasteiger partial charge in [-0.05, 0) is 141 Å². The molecule has 6 nitrogen and oxygen atoms in total. The fourth-order valence-corrected chi connectivity index (χ4v) is 37.6. The molecule has 0 heterocycles. The molecule has 0 saturated heterocycles. The summed E-state index contributed by atoms with van der Waals surface area (Å²) in [5.74, 6) is 0. The van der Waals surface area contributed by atoms with Crippen molar-refractivity contribution >= 4 is 74.3 Å². The smallest absolute Gasteiger partial charge is 0.316 e. The first-order chi connectivity index (χ1) is 21.4. The molecule has 2 atom stereocenters. The second-order valence-electron chi connectivity index (χ2n) is 17.2. The first kappa shape index (κ1) is 47.7. The second kappa shape index (κ2) is 20.1. The average Bonchev–Trinajstić information content (AvgIpc) is 2.83. The van der Waals surface area contributed by atoms with Crippen molar-refractivity contribution in [1.82, 2.24) is 0 Å². The lowest BCUT2D eigenvalue weighted by atomic mass is 10.2. The molecule has 0 aliphatic rings. The van der Waals surface area contributed by atoms with E-state index in [4.69, 9.17) is 24.7 Å². The summed E-state index contributed by atoms with van der Waals surface area (Å²) in [6.45, 7) is 43.2. The molecule has 0 aliphatic carbocycles. The molecule has 2 aromatic rings. The standard InChI is InChI=1S/C17H36O3Si4.C9H28O3Si4.C8H8/c1-21(2,3)18-23(7,8)20-24(9,19-22(4,5)6)16-15-17-13-11-10-12-14-17;1-13(10-14(2,3)4)11-16(8,9)12-15(5,6)7;1-2-8-6-4-3-5-7-8/h10-14H,15-16H2,1-9H3;13H,1-9H3;2-7H,1H2. The molecule has 0 amide bonds. The highest BCUT2D eigenvalue weighted by Gasteiger charge is 2.44. The first-order valence-corrected chi connectivity index (χ1v) is 41.2. The Morgan fingerprint density at radius 1 is 0.521 bits per heavy atom. The Balaban J connectivity index is 0.000000784. The van der Waals surface area contributed by atoms with E-state index < -0.39 is 68.2 Å². The molecular weight excluding hydrogens is 729 g/mol. The van der Waals surface area contributed by atoms with E-state index in [1.54, 1.807) is 0 Å². The Hall–Kier alpha value is -0.325. The molecule has 0 fully saturated rings. The van der Waals surface area contributed by atoms with E-state index in [0.29, 0.717) is 0 Å². The van der Waals surface area contributed by atoms with E-state index >= 15 is 0 Å². The van der Waals surface area contributed by atoms with E-state index in [2.05, 4.69) is 155 Å².